The van der Waals surface area contributed by atoms with E-state index in [1.807, 2.05) is 13.0 Å². The summed E-state index contributed by atoms with van der Waals surface area (Å²) in [5.74, 6) is 0.964. The first kappa shape index (κ1) is 13.2. The van der Waals surface area contributed by atoms with Crippen LogP contribution in [0.5, 0.6) is 0 Å². The second-order valence-electron chi connectivity index (χ2n) is 3.55. The van der Waals surface area contributed by atoms with Gasteiger partial charge in [-0.1, -0.05) is 0 Å². The van der Waals surface area contributed by atoms with Crippen LogP contribution in [0.25, 0.3) is 6.08 Å². The van der Waals surface area contributed by atoms with Crippen LogP contribution in [0.2, 0.25) is 0 Å². The van der Waals surface area contributed by atoms with E-state index in [0.29, 0.717) is 12.4 Å². The van der Waals surface area contributed by atoms with Gasteiger partial charge in [0.05, 0.1) is 13.0 Å². The van der Waals surface area contributed by atoms with Crippen molar-refractivity contribution in [2.24, 2.45) is 0 Å². The molecule has 0 aliphatic rings. The highest BCUT2D eigenvalue weighted by molar-refractivity contribution is 5.94. The minimum Gasteiger partial charge on any atom is -0.466 e. The Morgan fingerprint density at radius 1 is 1.35 bits per heavy atom. The molecule has 17 heavy (non-hydrogen) atoms. The molecule has 0 saturated carbocycles. The third-order valence-electron chi connectivity index (χ3n) is 2.08. The van der Waals surface area contributed by atoms with Crippen LogP contribution < -0.4 is 0 Å². The van der Waals surface area contributed by atoms with Gasteiger partial charge >= 0.3 is 5.97 Å². The lowest BCUT2D eigenvalue weighted by molar-refractivity contribution is -0.144. The van der Waals surface area contributed by atoms with Crippen LogP contribution in [0.3, 0.4) is 0 Å². The predicted molar refractivity (Wildman–Crippen MR) is 63.4 cm³/mol. The summed E-state index contributed by atoms with van der Waals surface area (Å²) >= 11 is 0. The van der Waals surface area contributed by atoms with Gasteiger partial charge in [-0.2, -0.15) is 0 Å². The summed E-state index contributed by atoms with van der Waals surface area (Å²) in [5.41, 5.74) is 0. The molecule has 0 aliphatic heterocycles. The van der Waals surface area contributed by atoms with E-state index >= 15 is 0 Å². The number of rotatable bonds is 6. The summed E-state index contributed by atoms with van der Waals surface area (Å²) < 4.78 is 9.99. The zero-order valence-electron chi connectivity index (χ0n) is 10.1. The van der Waals surface area contributed by atoms with E-state index in [1.165, 1.54) is 6.08 Å². The summed E-state index contributed by atoms with van der Waals surface area (Å²) in [6, 6.07) is 3.60. The molecule has 0 saturated heterocycles. The molecule has 0 atom stereocenters. The smallest absolute Gasteiger partial charge is 0.306 e. The summed E-state index contributed by atoms with van der Waals surface area (Å²) in [7, 11) is 0. The Labute approximate surface area is 100 Å². The topological polar surface area (TPSA) is 56.5 Å². The molecule has 1 rings (SSSR count). The molecule has 4 heteroatoms. The van der Waals surface area contributed by atoms with E-state index in [-0.39, 0.29) is 24.6 Å². The maximum Gasteiger partial charge on any atom is 0.306 e. The molecule has 0 spiro atoms. The monoisotopic (exact) mass is 236 g/mol. The van der Waals surface area contributed by atoms with Crippen molar-refractivity contribution in [3.8, 4) is 0 Å². The van der Waals surface area contributed by atoms with Gasteiger partial charge in [0.1, 0.15) is 11.5 Å². The minimum atomic E-state index is -0.344. The van der Waals surface area contributed by atoms with Crippen molar-refractivity contribution in [2.75, 3.05) is 6.61 Å². The lowest BCUT2D eigenvalue weighted by Crippen LogP contribution is -2.06. The number of hydrogen-bond donors (Lipinski definition) is 0. The highest BCUT2D eigenvalue weighted by atomic mass is 16.5. The van der Waals surface area contributed by atoms with Crippen LogP contribution >= 0.6 is 0 Å². The number of ketones is 1. The lowest BCUT2D eigenvalue weighted by Gasteiger charge is -1.98. The Kier molecular flexibility index (Phi) is 5.20. The molecule has 1 heterocycles. The van der Waals surface area contributed by atoms with Crippen LogP contribution in [0.1, 0.15) is 31.3 Å². The Bertz CT molecular complexity index is 415. The van der Waals surface area contributed by atoms with E-state index < -0.39 is 0 Å². The number of ether oxygens (including phenoxy) is 1. The van der Waals surface area contributed by atoms with Crippen molar-refractivity contribution in [3.63, 3.8) is 0 Å². The van der Waals surface area contributed by atoms with E-state index in [9.17, 15) is 9.59 Å². The van der Waals surface area contributed by atoms with Crippen LogP contribution in [-0.2, 0) is 14.3 Å². The van der Waals surface area contributed by atoms with Gasteiger partial charge in [0.2, 0.25) is 0 Å². The minimum absolute atomic E-state index is 0.118. The molecule has 0 N–H and O–H groups in total. The average Bonchev–Trinajstić information content (AvgIpc) is 2.70. The van der Waals surface area contributed by atoms with Gasteiger partial charge in [0.25, 0.3) is 0 Å². The Balaban J connectivity index is 2.34. The molecule has 0 radical (unpaired) electrons. The SMILES string of the molecule is CCOC(=O)CCC(=O)/C=C/c1ccc(C)o1. The molecule has 0 unspecified atom stereocenters. The van der Waals surface area contributed by atoms with Gasteiger partial charge in [-0.05, 0) is 38.1 Å². The van der Waals surface area contributed by atoms with Gasteiger partial charge in [0, 0.05) is 6.42 Å². The molecule has 0 amide bonds. The highest BCUT2D eigenvalue weighted by Gasteiger charge is 2.05. The maximum absolute atomic E-state index is 11.4. The molecule has 1 aromatic heterocycles. The summed E-state index contributed by atoms with van der Waals surface area (Å²) in [6.45, 7) is 3.91. The quantitative estimate of drug-likeness (QED) is 0.562. The lowest BCUT2D eigenvalue weighted by atomic mass is 10.2. The van der Waals surface area contributed by atoms with Gasteiger partial charge in [-0.25, -0.2) is 0 Å². The second-order valence-corrected chi connectivity index (χ2v) is 3.55. The molecule has 92 valence electrons. The maximum atomic E-state index is 11.4. The Hall–Kier alpha value is -1.84. The second kappa shape index (κ2) is 6.68. The van der Waals surface area contributed by atoms with Crippen molar-refractivity contribution < 1.29 is 18.7 Å². The standard InChI is InChI=1S/C13H16O4/c1-3-16-13(15)9-6-11(14)5-8-12-7-4-10(2)17-12/h4-5,7-8H,3,6,9H2,1-2H3/b8-5+. The Morgan fingerprint density at radius 3 is 2.71 bits per heavy atom. The Morgan fingerprint density at radius 2 is 2.12 bits per heavy atom. The van der Waals surface area contributed by atoms with E-state index in [2.05, 4.69) is 0 Å². The molecule has 4 nitrogen and oxygen atoms in total. The first-order valence-electron chi connectivity index (χ1n) is 5.54. The highest BCUT2D eigenvalue weighted by Crippen LogP contribution is 2.08. The third-order valence-corrected chi connectivity index (χ3v) is 2.08. The first-order valence-corrected chi connectivity index (χ1v) is 5.54. The fourth-order valence-electron chi connectivity index (χ4n) is 1.26. The fraction of sp³-hybridized carbons (Fsp3) is 0.385. The number of aryl methyl sites for hydroxylation is 1. The van der Waals surface area contributed by atoms with Crippen molar-refractivity contribution >= 4 is 17.8 Å². The van der Waals surface area contributed by atoms with Gasteiger partial charge < -0.3 is 9.15 Å². The first-order chi connectivity index (χ1) is 8.11. The summed E-state index contributed by atoms with van der Waals surface area (Å²) in [5, 5.41) is 0. The predicted octanol–water partition coefficient (Wildman–Crippen LogP) is 2.51. The molecular formula is C13H16O4. The normalized spacial score (nSPS) is 10.7. The summed E-state index contributed by atoms with van der Waals surface area (Å²) in [6.07, 6.45) is 3.29. The zero-order valence-corrected chi connectivity index (χ0v) is 10.1. The van der Waals surface area contributed by atoms with Crippen LogP contribution in [0.15, 0.2) is 22.6 Å². The number of allylic oxidation sites excluding steroid dienone is 1. The van der Waals surface area contributed by atoms with E-state index in [1.54, 1.807) is 19.1 Å². The molecule has 1 aromatic rings. The molecule has 0 bridgehead atoms. The van der Waals surface area contributed by atoms with Crippen LogP contribution in [0.4, 0.5) is 0 Å². The summed E-state index contributed by atoms with van der Waals surface area (Å²) in [4.78, 5) is 22.4. The number of esters is 1. The molecule has 0 aromatic carbocycles. The fourth-order valence-corrected chi connectivity index (χ4v) is 1.26. The molecule has 0 aliphatic carbocycles. The van der Waals surface area contributed by atoms with Gasteiger partial charge in [-0.15, -0.1) is 0 Å². The van der Waals surface area contributed by atoms with Gasteiger partial charge in [0.15, 0.2) is 5.78 Å². The third kappa shape index (κ3) is 5.15. The number of carbonyl (C=O) groups is 2. The van der Waals surface area contributed by atoms with Crippen LogP contribution in [0, 0.1) is 6.92 Å². The zero-order chi connectivity index (χ0) is 12.7. The van der Waals surface area contributed by atoms with Gasteiger partial charge in [-0.3, -0.25) is 9.59 Å². The molecule has 0 fully saturated rings. The number of carbonyl (C=O) groups excluding carboxylic acids is 2. The van der Waals surface area contributed by atoms with Crippen molar-refractivity contribution in [2.45, 2.75) is 26.7 Å². The van der Waals surface area contributed by atoms with Crippen molar-refractivity contribution in [3.05, 3.63) is 29.7 Å². The largest absolute Gasteiger partial charge is 0.466 e. The average molecular weight is 236 g/mol. The molecular weight excluding hydrogens is 220 g/mol. The van der Waals surface area contributed by atoms with E-state index in [0.717, 1.165) is 5.76 Å². The van der Waals surface area contributed by atoms with Crippen molar-refractivity contribution in [1.82, 2.24) is 0 Å². The van der Waals surface area contributed by atoms with E-state index in [4.69, 9.17) is 9.15 Å². The van der Waals surface area contributed by atoms with Crippen LogP contribution in [-0.4, -0.2) is 18.4 Å². The number of hydrogen-bond acceptors (Lipinski definition) is 4. The number of furan rings is 1. The van der Waals surface area contributed by atoms with Crippen molar-refractivity contribution in [1.29, 1.82) is 0 Å².